The second-order valence-electron chi connectivity index (χ2n) is 3.55. The molecule has 0 saturated heterocycles. The zero-order valence-electron chi connectivity index (χ0n) is 10.5. The van der Waals surface area contributed by atoms with Crippen LogP contribution in [0.4, 0.5) is 0 Å². The molecule has 0 radical (unpaired) electrons. The van der Waals surface area contributed by atoms with Crippen LogP contribution in [-0.2, 0) is 18.9 Å². The Bertz CT molecular complexity index is 126. The van der Waals surface area contributed by atoms with Gasteiger partial charge in [-0.15, -0.1) is 0 Å². The highest BCUT2D eigenvalue weighted by atomic mass is 28.3. The monoisotopic (exact) mass is 252 g/mol. The Morgan fingerprint density at radius 1 is 0.800 bits per heavy atom. The third-order valence-corrected chi connectivity index (χ3v) is 9.27. The lowest BCUT2D eigenvalue weighted by atomic mass is 10.6. The van der Waals surface area contributed by atoms with Crippen molar-refractivity contribution in [3.63, 3.8) is 0 Å². The molecule has 0 N–H and O–H groups in total. The summed E-state index contributed by atoms with van der Waals surface area (Å²) in [6, 6.07) is 0. The van der Waals surface area contributed by atoms with Gasteiger partial charge < -0.3 is 18.9 Å². The van der Waals surface area contributed by atoms with Gasteiger partial charge >= 0.3 is 0 Å². The topological polar surface area (TPSA) is 36.9 Å². The van der Waals surface area contributed by atoms with E-state index in [0.29, 0.717) is 0 Å². The third-order valence-electron chi connectivity index (χ3n) is 2.68. The van der Waals surface area contributed by atoms with Crippen molar-refractivity contribution < 1.29 is 18.9 Å². The smallest absolute Gasteiger partial charge is 0.134 e. The Morgan fingerprint density at radius 3 is 1.33 bits per heavy atom. The van der Waals surface area contributed by atoms with Gasteiger partial charge in [0, 0.05) is 28.4 Å². The second kappa shape index (κ2) is 9.50. The van der Waals surface area contributed by atoms with Gasteiger partial charge in [-0.25, -0.2) is 0 Å². The summed E-state index contributed by atoms with van der Waals surface area (Å²) in [4.78, 5) is 0. The Kier molecular flexibility index (Phi) is 9.67. The lowest BCUT2D eigenvalue weighted by Crippen LogP contribution is -2.33. The van der Waals surface area contributed by atoms with Gasteiger partial charge in [0.05, 0.1) is 19.0 Å². The fourth-order valence-corrected chi connectivity index (χ4v) is 6.48. The zero-order chi connectivity index (χ0) is 11.7. The van der Waals surface area contributed by atoms with E-state index in [1.54, 1.807) is 28.4 Å². The maximum Gasteiger partial charge on any atom is 0.134 e. The summed E-state index contributed by atoms with van der Waals surface area (Å²) in [7, 11) is 6.10. The van der Waals surface area contributed by atoms with Crippen LogP contribution in [0.5, 0.6) is 0 Å². The summed E-state index contributed by atoms with van der Waals surface area (Å²) in [6.07, 6.45) is 1.19. The summed E-state index contributed by atoms with van der Waals surface area (Å²) in [5.41, 5.74) is 0. The lowest BCUT2D eigenvalue weighted by molar-refractivity contribution is -0.0474. The van der Waals surface area contributed by atoms with Crippen molar-refractivity contribution in [2.24, 2.45) is 0 Å². The molecule has 92 valence electrons. The molecule has 0 bridgehead atoms. The highest BCUT2D eigenvalue weighted by Gasteiger charge is 2.20. The second-order valence-corrected chi connectivity index (χ2v) is 9.29. The van der Waals surface area contributed by atoms with E-state index in [1.807, 2.05) is 0 Å². The standard InChI is InChI=1S/C9H24O4Si2/c1-6-7(14-8(10-2)11-3)15-9(12-4)13-5/h7-9H,6,14-15H2,1-5H3. The van der Waals surface area contributed by atoms with Crippen molar-refractivity contribution in [1.29, 1.82) is 0 Å². The first-order valence-electron chi connectivity index (χ1n) is 5.32. The molecule has 0 saturated carbocycles. The van der Waals surface area contributed by atoms with Gasteiger partial charge in [-0.05, 0) is 0 Å². The molecule has 0 aliphatic heterocycles. The number of methoxy groups -OCH3 is 4. The van der Waals surface area contributed by atoms with Crippen LogP contribution in [0.3, 0.4) is 0 Å². The van der Waals surface area contributed by atoms with Gasteiger partial charge in [0.2, 0.25) is 0 Å². The van der Waals surface area contributed by atoms with Crippen LogP contribution in [-0.4, -0.2) is 59.3 Å². The molecule has 0 fully saturated rings. The number of rotatable bonds is 9. The largest absolute Gasteiger partial charge is 0.360 e. The van der Waals surface area contributed by atoms with E-state index in [9.17, 15) is 0 Å². The van der Waals surface area contributed by atoms with E-state index in [0.717, 1.165) is 5.16 Å². The highest BCUT2D eigenvalue weighted by Crippen LogP contribution is 2.12. The predicted octanol–water partition coefficient (Wildman–Crippen LogP) is -0.367. The summed E-state index contributed by atoms with van der Waals surface area (Å²) < 4.78 is 21.0. The Hall–Kier alpha value is 0.274. The SMILES string of the molecule is CCC([SiH2]C(OC)OC)[SiH2]C(OC)OC. The summed E-state index contributed by atoms with van der Waals surface area (Å²) in [5, 5.41) is 0.764. The van der Waals surface area contributed by atoms with E-state index in [1.165, 1.54) is 6.42 Å². The first-order chi connectivity index (χ1) is 7.21. The molecule has 0 heterocycles. The van der Waals surface area contributed by atoms with Crippen LogP contribution < -0.4 is 0 Å². The van der Waals surface area contributed by atoms with Crippen LogP contribution in [0.1, 0.15) is 13.3 Å². The zero-order valence-corrected chi connectivity index (χ0v) is 13.3. The van der Waals surface area contributed by atoms with Crippen LogP contribution in [0.15, 0.2) is 0 Å². The molecule has 0 amide bonds. The number of hydrogen-bond acceptors (Lipinski definition) is 4. The van der Waals surface area contributed by atoms with Crippen molar-refractivity contribution >= 4 is 19.0 Å². The summed E-state index contributed by atoms with van der Waals surface area (Å²) >= 11 is 0. The molecule has 0 rings (SSSR count). The van der Waals surface area contributed by atoms with Gasteiger partial charge in [-0.3, -0.25) is 0 Å². The van der Waals surface area contributed by atoms with Crippen LogP contribution in [0, 0.1) is 0 Å². The first kappa shape index (κ1) is 15.3. The van der Waals surface area contributed by atoms with Gasteiger partial charge in [0.25, 0.3) is 0 Å². The fraction of sp³-hybridized carbons (Fsp3) is 1.00. The van der Waals surface area contributed by atoms with Crippen LogP contribution >= 0.6 is 0 Å². The summed E-state index contributed by atoms with van der Waals surface area (Å²) in [6.45, 7) is 2.22. The van der Waals surface area contributed by atoms with Gasteiger partial charge in [-0.1, -0.05) is 18.5 Å². The Morgan fingerprint density at radius 2 is 1.13 bits per heavy atom. The van der Waals surface area contributed by atoms with Crippen molar-refractivity contribution in [3.05, 3.63) is 0 Å². The van der Waals surface area contributed by atoms with Gasteiger partial charge in [0.15, 0.2) is 0 Å². The average molecular weight is 252 g/mol. The van der Waals surface area contributed by atoms with Crippen molar-refractivity contribution in [1.82, 2.24) is 0 Å². The molecule has 15 heavy (non-hydrogen) atoms. The molecule has 0 aliphatic rings. The molecule has 0 atom stereocenters. The van der Waals surface area contributed by atoms with Crippen LogP contribution in [0.2, 0.25) is 5.16 Å². The summed E-state index contributed by atoms with van der Waals surface area (Å²) in [5.74, 6) is 0.0774. The van der Waals surface area contributed by atoms with E-state index in [4.69, 9.17) is 18.9 Å². The lowest BCUT2D eigenvalue weighted by Gasteiger charge is -2.22. The predicted molar refractivity (Wildman–Crippen MR) is 66.7 cm³/mol. The minimum absolute atomic E-state index is 0.0387. The van der Waals surface area contributed by atoms with E-state index >= 15 is 0 Å². The third kappa shape index (κ3) is 6.44. The van der Waals surface area contributed by atoms with E-state index in [2.05, 4.69) is 6.92 Å². The quantitative estimate of drug-likeness (QED) is 0.415. The van der Waals surface area contributed by atoms with Crippen molar-refractivity contribution in [2.75, 3.05) is 28.4 Å². The molecule has 0 aromatic heterocycles. The minimum atomic E-state index is -0.365. The van der Waals surface area contributed by atoms with Gasteiger partial charge in [0.1, 0.15) is 11.8 Å². The molecule has 0 unspecified atom stereocenters. The van der Waals surface area contributed by atoms with Gasteiger partial charge in [-0.2, -0.15) is 0 Å². The Labute approximate surface area is 97.3 Å². The molecule has 0 aliphatic carbocycles. The minimum Gasteiger partial charge on any atom is -0.360 e. The van der Waals surface area contributed by atoms with Crippen molar-refractivity contribution in [3.8, 4) is 0 Å². The van der Waals surface area contributed by atoms with E-state index in [-0.39, 0.29) is 30.9 Å². The molecule has 0 aromatic carbocycles. The number of ether oxygens (including phenoxy) is 4. The maximum atomic E-state index is 5.26. The molecule has 0 aromatic rings. The maximum absolute atomic E-state index is 5.26. The van der Waals surface area contributed by atoms with Crippen molar-refractivity contribution in [2.45, 2.75) is 30.3 Å². The average Bonchev–Trinajstić information content (AvgIpc) is 2.30. The molecule has 4 nitrogen and oxygen atoms in total. The van der Waals surface area contributed by atoms with E-state index < -0.39 is 0 Å². The highest BCUT2D eigenvalue weighted by molar-refractivity contribution is 6.59. The molecule has 0 spiro atoms. The normalized spacial score (nSPS) is 15.4. The number of hydrogen-bond donors (Lipinski definition) is 0. The molecule has 6 heteroatoms. The molecular weight excluding hydrogens is 228 g/mol. The fourth-order valence-electron chi connectivity index (χ4n) is 1.55. The Balaban J connectivity index is 4.00. The molecular formula is C9H24O4Si2. The van der Waals surface area contributed by atoms with Crippen LogP contribution in [0.25, 0.3) is 0 Å². The first-order valence-corrected chi connectivity index (χ1v) is 8.59.